The van der Waals surface area contributed by atoms with Crippen LogP contribution in [0.3, 0.4) is 0 Å². The highest BCUT2D eigenvalue weighted by Gasteiger charge is 2.40. The Labute approximate surface area is 137 Å². The van der Waals surface area contributed by atoms with Gasteiger partial charge in [-0.3, -0.25) is 4.48 Å². The molecule has 3 heteroatoms. The van der Waals surface area contributed by atoms with Crippen LogP contribution in [0.25, 0.3) is 0 Å². The molecule has 3 unspecified atom stereocenters. The molecule has 2 N–H and O–H groups in total. The number of allylic oxidation sites excluding steroid dienone is 2. The lowest BCUT2D eigenvalue weighted by molar-refractivity contribution is -0.942. The van der Waals surface area contributed by atoms with Crippen molar-refractivity contribution < 1.29 is 9.59 Å². The lowest BCUT2D eigenvalue weighted by Gasteiger charge is -2.39. The van der Waals surface area contributed by atoms with Crippen LogP contribution in [0.1, 0.15) is 78.6 Å². The Morgan fingerprint density at radius 2 is 1.77 bits per heavy atom. The summed E-state index contributed by atoms with van der Waals surface area (Å²) in [4.78, 5) is 0. The number of aliphatic hydroxyl groups is 1. The number of nitrogens with one attached hydrogen (secondary N) is 1. The second kappa shape index (κ2) is 10.8. The van der Waals surface area contributed by atoms with Crippen LogP contribution in [-0.4, -0.2) is 28.5 Å². The quantitative estimate of drug-likeness (QED) is 0.312. The smallest absolute Gasteiger partial charge is 0.193 e. The van der Waals surface area contributed by atoms with Crippen molar-refractivity contribution in [1.82, 2.24) is 5.32 Å². The zero-order valence-corrected chi connectivity index (χ0v) is 14.9. The van der Waals surface area contributed by atoms with Gasteiger partial charge < -0.3 is 10.4 Å². The average Bonchev–Trinajstić information content (AvgIpc) is 2.93. The van der Waals surface area contributed by atoms with Gasteiger partial charge in [0.15, 0.2) is 12.4 Å². The van der Waals surface area contributed by atoms with Crippen LogP contribution in [-0.2, 0) is 0 Å². The fourth-order valence-electron chi connectivity index (χ4n) is 3.43. The molecule has 1 aliphatic rings. The largest absolute Gasteiger partial charge is 0.345 e. The first kappa shape index (κ1) is 19.2. The number of unbranched alkanes of at least 4 members (excludes halogenated alkanes) is 6. The third-order valence-electron chi connectivity index (χ3n) is 4.97. The molecule has 3 nitrogen and oxygen atoms in total. The summed E-state index contributed by atoms with van der Waals surface area (Å²) in [5.41, 5.74) is 0. The topological polar surface area (TPSA) is 32.3 Å². The summed E-state index contributed by atoms with van der Waals surface area (Å²) in [7, 11) is 0. The first-order valence-electron chi connectivity index (χ1n) is 9.31. The molecule has 0 saturated heterocycles. The molecule has 0 aromatic heterocycles. The van der Waals surface area contributed by atoms with Gasteiger partial charge in [-0.15, -0.1) is 0 Å². The van der Waals surface area contributed by atoms with E-state index < -0.39 is 0 Å². The molecule has 0 aromatic carbocycles. The Kier molecular flexibility index (Phi) is 9.49. The van der Waals surface area contributed by atoms with E-state index in [1.165, 1.54) is 44.9 Å². The highest BCUT2D eigenvalue weighted by atomic mass is 16.3. The van der Waals surface area contributed by atoms with Gasteiger partial charge >= 0.3 is 0 Å². The van der Waals surface area contributed by atoms with E-state index >= 15 is 0 Å². The Morgan fingerprint density at radius 1 is 1.09 bits per heavy atom. The van der Waals surface area contributed by atoms with Crippen LogP contribution < -0.4 is 5.32 Å². The van der Waals surface area contributed by atoms with Crippen molar-refractivity contribution in [2.24, 2.45) is 0 Å². The molecule has 0 fully saturated rings. The van der Waals surface area contributed by atoms with E-state index in [0.29, 0.717) is 10.6 Å². The van der Waals surface area contributed by atoms with Crippen LogP contribution >= 0.6 is 0 Å². The van der Waals surface area contributed by atoms with Crippen molar-refractivity contribution in [3.05, 3.63) is 24.6 Å². The fraction of sp³-hybridized carbons (Fsp3) is 0.789. The number of nitrogens with zero attached hydrogens (tertiary/aromatic N) is 1. The number of rotatable bonds is 12. The van der Waals surface area contributed by atoms with Crippen molar-refractivity contribution in [3.8, 4) is 0 Å². The van der Waals surface area contributed by atoms with Crippen molar-refractivity contribution >= 4 is 0 Å². The monoisotopic (exact) mass is 309 g/mol. The van der Waals surface area contributed by atoms with Gasteiger partial charge in [-0.2, -0.15) is 0 Å². The van der Waals surface area contributed by atoms with Crippen molar-refractivity contribution in [2.75, 3.05) is 6.54 Å². The zero-order valence-electron chi connectivity index (χ0n) is 14.9. The number of quaternary nitrogens is 1. The molecule has 1 heterocycles. The minimum Gasteiger partial charge on any atom is -0.345 e. The van der Waals surface area contributed by atoms with E-state index in [9.17, 15) is 5.11 Å². The van der Waals surface area contributed by atoms with E-state index in [2.05, 4.69) is 37.5 Å². The van der Waals surface area contributed by atoms with E-state index in [0.717, 1.165) is 19.4 Å². The summed E-state index contributed by atoms with van der Waals surface area (Å²) in [6.07, 6.45) is 20.3. The standard InChI is InChI=1S/C19H37N2O/c1-4-6-7-8-9-10-11-12-13-14-15-19-20-16-17-21(19,5-2)18(3)22/h6-7,16-20,22H,4-5,8-15H2,1-3H3/q+1/b7-6+. The summed E-state index contributed by atoms with van der Waals surface area (Å²) in [6.45, 7) is 7.19. The van der Waals surface area contributed by atoms with Gasteiger partial charge in [0.25, 0.3) is 0 Å². The number of hydrogen-bond donors (Lipinski definition) is 2. The lowest BCUT2D eigenvalue weighted by Crippen LogP contribution is -2.57. The second-order valence-electron chi connectivity index (χ2n) is 6.52. The summed E-state index contributed by atoms with van der Waals surface area (Å²) in [5.74, 6) is 0. The Balaban J connectivity index is 2.08. The predicted molar refractivity (Wildman–Crippen MR) is 94.9 cm³/mol. The maximum absolute atomic E-state index is 10.1. The Hall–Kier alpha value is -0.800. The molecule has 1 aliphatic heterocycles. The molecule has 0 radical (unpaired) electrons. The average molecular weight is 310 g/mol. The molecular formula is C19H37N2O+. The molecule has 1 rings (SSSR count). The highest BCUT2D eigenvalue weighted by molar-refractivity contribution is 4.84. The Morgan fingerprint density at radius 3 is 2.41 bits per heavy atom. The maximum Gasteiger partial charge on any atom is 0.193 e. The molecule has 0 aliphatic carbocycles. The molecule has 0 bridgehead atoms. The first-order valence-corrected chi connectivity index (χ1v) is 9.31. The van der Waals surface area contributed by atoms with E-state index in [4.69, 9.17) is 0 Å². The molecule has 0 spiro atoms. The molecule has 0 aromatic rings. The molecule has 0 saturated carbocycles. The summed E-state index contributed by atoms with van der Waals surface area (Å²) < 4.78 is 0.670. The van der Waals surface area contributed by atoms with Crippen LogP contribution in [0.5, 0.6) is 0 Å². The summed E-state index contributed by atoms with van der Waals surface area (Å²) in [5, 5.41) is 13.5. The van der Waals surface area contributed by atoms with E-state index in [1.807, 2.05) is 13.1 Å². The third-order valence-corrected chi connectivity index (χ3v) is 4.97. The minimum atomic E-state index is -0.336. The lowest BCUT2D eigenvalue weighted by atomic mass is 10.1. The summed E-state index contributed by atoms with van der Waals surface area (Å²) in [6, 6.07) is 0. The van der Waals surface area contributed by atoms with Gasteiger partial charge in [-0.1, -0.05) is 44.8 Å². The molecule has 0 amide bonds. The second-order valence-corrected chi connectivity index (χ2v) is 6.52. The third kappa shape index (κ3) is 5.77. The summed E-state index contributed by atoms with van der Waals surface area (Å²) >= 11 is 0. The predicted octanol–water partition coefficient (Wildman–Crippen LogP) is 4.65. The van der Waals surface area contributed by atoms with Crippen molar-refractivity contribution in [1.29, 1.82) is 0 Å². The van der Waals surface area contributed by atoms with Crippen LogP contribution in [0, 0.1) is 0 Å². The van der Waals surface area contributed by atoms with Crippen LogP contribution in [0.15, 0.2) is 24.6 Å². The fourth-order valence-corrected chi connectivity index (χ4v) is 3.43. The van der Waals surface area contributed by atoms with Gasteiger partial charge in [-0.25, -0.2) is 0 Å². The highest BCUT2D eigenvalue weighted by Crippen LogP contribution is 2.25. The molecule has 22 heavy (non-hydrogen) atoms. The minimum absolute atomic E-state index is 0.336. The molecule has 3 atom stereocenters. The van der Waals surface area contributed by atoms with Crippen LogP contribution in [0.2, 0.25) is 0 Å². The van der Waals surface area contributed by atoms with Crippen molar-refractivity contribution in [3.63, 3.8) is 0 Å². The van der Waals surface area contributed by atoms with Gasteiger partial charge in [-0.05, 0) is 32.6 Å². The van der Waals surface area contributed by atoms with E-state index in [-0.39, 0.29) is 6.23 Å². The Bertz CT molecular complexity index is 338. The number of hydrogen-bond acceptors (Lipinski definition) is 2. The molecular weight excluding hydrogens is 272 g/mol. The maximum atomic E-state index is 10.1. The normalized spacial score (nSPS) is 25.7. The van der Waals surface area contributed by atoms with Gasteiger partial charge in [0.1, 0.15) is 6.20 Å². The van der Waals surface area contributed by atoms with Gasteiger partial charge in [0.05, 0.1) is 12.7 Å². The van der Waals surface area contributed by atoms with Crippen LogP contribution in [0.4, 0.5) is 0 Å². The van der Waals surface area contributed by atoms with E-state index in [1.54, 1.807) is 0 Å². The van der Waals surface area contributed by atoms with Gasteiger partial charge in [0, 0.05) is 13.3 Å². The van der Waals surface area contributed by atoms with Gasteiger partial charge in [0.2, 0.25) is 0 Å². The SMILES string of the molecule is CC/C=C/CCCCCCCCC1NC=C[N+]1(CC)C(C)O. The van der Waals surface area contributed by atoms with Crippen molar-refractivity contribution in [2.45, 2.75) is 91.0 Å². The zero-order chi connectivity index (χ0) is 16.3. The first-order chi connectivity index (χ1) is 10.7. The number of aliphatic hydroxyl groups excluding tert-OH is 1. The molecule has 128 valence electrons.